The van der Waals surface area contributed by atoms with Crippen LogP contribution in [0.4, 0.5) is 5.69 Å². The molecule has 0 bridgehead atoms. The molecule has 0 atom stereocenters. The van der Waals surface area contributed by atoms with E-state index < -0.39 is 0 Å². The highest BCUT2D eigenvalue weighted by molar-refractivity contribution is 6.06. The van der Waals surface area contributed by atoms with E-state index >= 15 is 0 Å². The van der Waals surface area contributed by atoms with Crippen molar-refractivity contribution in [2.45, 2.75) is 34.2 Å². The van der Waals surface area contributed by atoms with Gasteiger partial charge in [0.2, 0.25) is 0 Å². The Morgan fingerprint density at radius 3 is 2.67 bits per heavy atom. The van der Waals surface area contributed by atoms with Crippen molar-refractivity contribution >= 4 is 11.6 Å². The van der Waals surface area contributed by atoms with Crippen molar-refractivity contribution < 1.29 is 4.79 Å². The molecule has 0 spiro atoms. The van der Waals surface area contributed by atoms with Crippen LogP contribution in [0.5, 0.6) is 0 Å². The lowest BCUT2D eigenvalue weighted by Gasteiger charge is -2.20. The summed E-state index contributed by atoms with van der Waals surface area (Å²) in [5.74, 6) is 0.427. The molecule has 6 heteroatoms. The van der Waals surface area contributed by atoms with Gasteiger partial charge in [-0.15, -0.1) is 0 Å². The summed E-state index contributed by atoms with van der Waals surface area (Å²) in [6.07, 6.45) is 4.83. The Labute approximate surface area is 124 Å². The van der Waals surface area contributed by atoms with Crippen LogP contribution in [0.3, 0.4) is 0 Å². The van der Waals surface area contributed by atoms with Gasteiger partial charge in [-0.3, -0.25) is 9.48 Å². The van der Waals surface area contributed by atoms with Crippen LogP contribution in [0.25, 0.3) is 0 Å². The monoisotopic (exact) mass is 287 g/mol. The summed E-state index contributed by atoms with van der Waals surface area (Å²) in [6, 6.07) is 1.78. The van der Waals surface area contributed by atoms with Gasteiger partial charge in [0.1, 0.15) is 0 Å². The molecule has 2 rings (SSSR count). The van der Waals surface area contributed by atoms with Crippen LogP contribution in [0.1, 0.15) is 36.8 Å². The molecular weight excluding hydrogens is 266 g/mol. The van der Waals surface area contributed by atoms with E-state index in [0.717, 1.165) is 17.9 Å². The molecule has 1 amide bonds. The third-order valence-electron chi connectivity index (χ3n) is 3.31. The molecule has 0 aliphatic rings. The maximum absolute atomic E-state index is 12.7. The Morgan fingerprint density at radius 2 is 2.10 bits per heavy atom. The minimum Gasteiger partial charge on any atom is -0.307 e. The number of hydrogen-bond acceptors (Lipinski definition) is 4. The molecule has 2 heterocycles. The number of anilines is 1. The van der Waals surface area contributed by atoms with Crippen molar-refractivity contribution in [3.63, 3.8) is 0 Å². The summed E-state index contributed by atoms with van der Waals surface area (Å²) in [6.45, 7) is 9.50. The molecule has 0 radical (unpaired) electrons. The first kappa shape index (κ1) is 15.2. The lowest BCUT2D eigenvalue weighted by atomic mass is 10.2. The fourth-order valence-corrected chi connectivity index (χ4v) is 2.22. The van der Waals surface area contributed by atoms with Gasteiger partial charge in [0.25, 0.3) is 5.91 Å². The highest BCUT2D eigenvalue weighted by atomic mass is 16.2. The Morgan fingerprint density at radius 1 is 1.33 bits per heavy atom. The van der Waals surface area contributed by atoms with Gasteiger partial charge in [-0.2, -0.15) is 15.3 Å². The largest absolute Gasteiger partial charge is 0.307 e. The standard InChI is InChI=1S/C15H21N5O/c1-5-19(13-6-7-16-17-8-13)15(21)14-9-18-20(12(14)4)10-11(2)3/h6-9,11H,5,10H2,1-4H3. The molecular formula is C15H21N5O. The van der Waals surface area contributed by atoms with E-state index in [2.05, 4.69) is 29.1 Å². The van der Waals surface area contributed by atoms with E-state index in [1.54, 1.807) is 29.6 Å². The molecule has 112 valence electrons. The fraction of sp³-hybridized carbons (Fsp3) is 0.467. The van der Waals surface area contributed by atoms with E-state index in [1.807, 2.05) is 18.5 Å². The second-order valence-electron chi connectivity index (χ2n) is 5.37. The zero-order valence-electron chi connectivity index (χ0n) is 12.9. The smallest absolute Gasteiger partial charge is 0.261 e. The molecule has 0 fully saturated rings. The Kier molecular flexibility index (Phi) is 4.67. The molecule has 0 N–H and O–H groups in total. The average Bonchev–Trinajstić information content (AvgIpc) is 2.81. The van der Waals surface area contributed by atoms with Crippen LogP contribution in [-0.2, 0) is 6.54 Å². The van der Waals surface area contributed by atoms with Gasteiger partial charge in [-0.25, -0.2) is 0 Å². The number of carbonyl (C=O) groups excluding carboxylic acids is 1. The first-order chi connectivity index (χ1) is 10.0. The zero-order valence-corrected chi connectivity index (χ0v) is 12.9. The van der Waals surface area contributed by atoms with Crippen LogP contribution in [0.2, 0.25) is 0 Å². The summed E-state index contributed by atoms with van der Waals surface area (Å²) >= 11 is 0. The normalized spacial score (nSPS) is 10.9. The van der Waals surface area contributed by atoms with Gasteiger partial charge in [0.15, 0.2) is 0 Å². The number of nitrogens with zero attached hydrogens (tertiary/aromatic N) is 5. The van der Waals surface area contributed by atoms with Gasteiger partial charge in [0, 0.05) is 18.8 Å². The van der Waals surface area contributed by atoms with E-state index in [4.69, 9.17) is 0 Å². The van der Waals surface area contributed by atoms with Crippen LogP contribution in [0.15, 0.2) is 24.7 Å². The highest BCUT2D eigenvalue weighted by Crippen LogP contribution is 2.17. The number of amides is 1. The van der Waals surface area contributed by atoms with E-state index in [1.165, 1.54) is 0 Å². The molecule has 0 unspecified atom stereocenters. The lowest BCUT2D eigenvalue weighted by molar-refractivity contribution is 0.0987. The maximum Gasteiger partial charge on any atom is 0.261 e. The van der Waals surface area contributed by atoms with E-state index in [9.17, 15) is 4.79 Å². The van der Waals surface area contributed by atoms with Crippen molar-refractivity contribution in [2.75, 3.05) is 11.4 Å². The maximum atomic E-state index is 12.7. The topological polar surface area (TPSA) is 63.9 Å². The van der Waals surface area contributed by atoms with Crippen molar-refractivity contribution in [1.82, 2.24) is 20.0 Å². The average molecular weight is 287 g/mol. The highest BCUT2D eigenvalue weighted by Gasteiger charge is 2.21. The first-order valence-corrected chi connectivity index (χ1v) is 7.15. The molecule has 2 aromatic rings. The van der Waals surface area contributed by atoms with Gasteiger partial charge < -0.3 is 4.90 Å². The Bertz CT molecular complexity index is 606. The SMILES string of the molecule is CCN(C(=O)c1cnn(CC(C)C)c1C)c1ccnnc1. The van der Waals surface area contributed by atoms with Crippen molar-refractivity contribution in [3.05, 3.63) is 35.9 Å². The molecule has 0 saturated heterocycles. The van der Waals surface area contributed by atoms with Gasteiger partial charge >= 0.3 is 0 Å². The third kappa shape index (κ3) is 3.26. The van der Waals surface area contributed by atoms with Crippen molar-refractivity contribution in [3.8, 4) is 0 Å². The minimum absolute atomic E-state index is 0.0574. The molecule has 6 nitrogen and oxygen atoms in total. The summed E-state index contributed by atoms with van der Waals surface area (Å²) in [5.41, 5.74) is 2.27. The second-order valence-corrected chi connectivity index (χ2v) is 5.37. The summed E-state index contributed by atoms with van der Waals surface area (Å²) in [7, 11) is 0. The van der Waals surface area contributed by atoms with E-state index in [0.29, 0.717) is 18.0 Å². The van der Waals surface area contributed by atoms with Crippen LogP contribution in [-0.4, -0.2) is 32.4 Å². The summed E-state index contributed by atoms with van der Waals surface area (Å²) < 4.78 is 1.89. The van der Waals surface area contributed by atoms with Gasteiger partial charge in [-0.1, -0.05) is 13.8 Å². The lowest BCUT2D eigenvalue weighted by Crippen LogP contribution is -2.31. The predicted molar refractivity (Wildman–Crippen MR) is 81.2 cm³/mol. The molecule has 0 aromatic carbocycles. The van der Waals surface area contributed by atoms with Crippen LogP contribution >= 0.6 is 0 Å². The number of rotatable bonds is 5. The molecule has 0 aliphatic carbocycles. The summed E-state index contributed by atoms with van der Waals surface area (Å²) in [5, 5.41) is 11.9. The number of hydrogen-bond donors (Lipinski definition) is 0. The molecule has 0 aliphatic heterocycles. The fourth-order valence-electron chi connectivity index (χ4n) is 2.22. The predicted octanol–water partition coefficient (Wildman–Crippen LogP) is 2.30. The number of aromatic nitrogens is 4. The van der Waals surface area contributed by atoms with Crippen LogP contribution in [0, 0.1) is 12.8 Å². The van der Waals surface area contributed by atoms with E-state index in [-0.39, 0.29) is 5.91 Å². The molecule has 21 heavy (non-hydrogen) atoms. The summed E-state index contributed by atoms with van der Waals surface area (Å²) in [4.78, 5) is 14.4. The van der Waals surface area contributed by atoms with Gasteiger partial charge in [0.05, 0.1) is 29.8 Å². The Balaban J connectivity index is 2.29. The quantitative estimate of drug-likeness (QED) is 0.846. The minimum atomic E-state index is -0.0574. The Hall–Kier alpha value is -2.24. The molecule has 2 aromatic heterocycles. The number of carbonyl (C=O) groups is 1. The first-order valence-electron chi connectivity index (χ1n) is 7.15. The molecule has 0 saturated carbocycles. The van der Waals surface area contributed by atoms with Crippen molar-refractivity contribution in [2.24, 2.45) is 5.92 Å². The van der Waals surface area contributed by atoms with Crippen molar-refractivity contribution in [1.29, 1.82) is 0 Å². The van der Waals surface area contributed by atoms with Gasteiger partial charge in [-0.05, 0) is 25.8 Å². The zero-order chi connectivity index (χ0) is 15.4. The second kappa shape index (κ2) is 6.47. The van der Waals surface area contributed by atoms with Crippen LogP contribution < -0.4 is 4.90 Å². The third-order valence-corrected chi connectivity index (χ3v) is 3.31.